The highest BCUT2D eigenvalue weighted by molar-refractivity contribution is 5.93. The Bertz CT molecular complexity index is 911. The van der Waals surface area contributed by atoms with E-state index in [4.69, 9.17) is 0 Å². The molecule has 1 aliphatic carbocycles. The number of halogens is 4. The Hall–Kier alpha value is -2.90. The van der Waals surface area contributed by atoms with Crippen LogP contribution in [-0.4, -0.2) is 24.3 Å². The fraction of sp³-hybridized carbons (Fsp3) is 0.333. The number of aryl methyl sites for hydroxylation is 1. The number of benzene rings is 2. The van der Waals surface area contributed by atoms with Crippen molar-refractivity contribution in [2.24, 2.45) is 0 Å². The molecule has 2 aromatic carbocycles. The van der Waals surface area contributed by atoms with Gasteiger partial charge in [0.2, 0.25) is 12.3 Å². The zero-order valence-corrected chi connectivity index (χ0v) is 15.7. The molecule has 1 unspecified atom stereocenters. The molecule has 1 saturated carbocycles. The van der Waals surface area contributed by atoms with Crippen molar-refractivity contribution in [3.05, 3.63) is 65.2 Å². The molecule has 0 bridgehead atoms. The summed E-state index contributed by atoms with van der Waals surface area (Å²) in [6.45, 7) is 1.84. The van der Waals surface area contributed by atoms with E-state index in [2.05, 4.69) is 5.32 Å². The maximum absolute atomic E-state index is 14.4. The second-order valence-electron chi connectivity index (χ2n) is 7.01. The lowest BCUT2D eigenvalue weighted by Crippen LogP contribution is -2.53. The van der Waals surface area contributed by atoms with Gasteiger partial charge in [-0.2, -0.15) is 0 Å². The number of anilines is 1. The first-order valence-electron chi connectivity index (χ1n) is 9.21. The van der Waals surface area contributed by atoms with Gasteiger partial charge in [-0.1, -0.05) is 37.3 Å². The predicted octanol–water partition coefficient (Wildman–Crippen LogP) is 4.15. The number of nitrogens with one attached hydrogen (secondary N) is 1. The summed E-state index contributed by atoms with van der Waals surface area (Å²) >= 11 is 0. The van der Waals surface area contributed by atoms with E-state index in [0.717, 1.165) is 16.5 Å². The fourth-order valence-corrected chi connectivity index (χ4v) is 3.53. The largest absolute Gasteiger partial charge is 0.351 e. The SMILES string of the molecule is CCc1ccccc1C(C(=O)NC1CC(F)(F)C1)N(C=O)c1cccc(F)c1F. The van der Waals surface area contributed by atoms with E-state index in [9.17, 15) is 27.2 Å². The number of carbonyl (C=O) groups is 2. The molecular weight excluding hydrogens is 388 g/mol. The quantitative estimate of drug-likeness (QED) is 0.553. The summed E-state index contributed by atoms with van der Waals surface area (Å²) in [6, 6.07) is 7.96. The molecule has 1 N–H and O–H groups in total. The summed E-state index contributed by atoms with van der Waals surface area (Å²) in [7, 11) is 0. The van der Waals surface area contributed by atoms with Gasteiger partial charge in [-0.15, -0.1) is 0 Å². The Morgan fingerprint density at radius 2 is 1.90 bits per heavy atom. The minimum absolute atomic E-state index is 0.240. The molecule has 0 aliphatic heterocycles. The van der Waals surface area contributed by atoms with E-state index in [0.29, 0.717) is 12.0 Å². The Labute approximate surface area is 165 Å². The van der Waals surface area contributed by atoms with Crippen LogP contribution in [0.25, 0.3) is 0 Å². The number of rotatable bonds is 7. The van der Waals surface area contributed by atoms with Gasteiger partial charge >= 0.3 is 0 Å². The lowest BCUT2D eigenvalue weighted by atomic mass is 9.87. The molecule has 1 aliphatic rings. The molecule has 2 amide bonds. The lowest BCUT2D eigenvalue weighted by molar-refractivity contribution is -0.131. The van der Waals surface area contributed by atoms with Crippen LogP contribution in [0.2, 0.25) is 0 Å². The van der Waals surface area contributed by atoms with Gasteiger partial charge in [0, 0.05) is 18.9 Å². The number of nitrogens with zero attached hydrogens (tertiary/aromatic N) is 1. The van der Waals surface area contributed by atoms with Gasteiger partial charge in [0.15, 0.2) is 11.6 Å². The number of hydrogen-bond acceptors (Lipinski definition) is 2. The van der Waals surface area contributed by atoms with E-state index in [1.165, 1.54) is 12.1 Å². The highest BCUT2D eigenvalue weighted by Crippen LogP contribution is 2.38. The van der Waals surface area contributed by atoms with Gasteiger partial charge in [0.25, 0.3) is 5.92 Å². The number of amides is 2. The van der Waals surface area contributed by atoms with E-state index >= 15 is 0 Å². The summed E-state index contributed by atoms with van der Waals surface area (Å²) in [4.78, 5) is 25.7. The first kappa shape index (κ1) is 20.8. The van der Waals surface area contributed by atoms with Crippen molar-refractivity contribution < 1.29 is 27.2 Å². The maximum atomic E-state index is 14.4. The van der Waals surface area contributed by atoms with E-state index < -0.39 is 54.1 Å². The lowest BCUT2D eigenvalue weighted by Gasteiger charge is -2.37. The highest BCUT2D eigenvalue weighted by atomic mass is 19.3. The minimum atomic E-state index is -2.84. The molecule has 154 valence electrons. The minimum Gasteiger partial charge on any atom is -0.351 e. The fourth-order valence-electron chi connectivity index (χ4n) is 3.53. The summed E-state index contributed by atoms with van der Waals surface area (Å²) < 4.78 is 54.5. The molecule has 4 nitrogen and oxygen atoms in total. The Morgan fingerprint density at radius 1 is 1.21 bits per heavy atom. The van der Waals surface area contributed by atoms with Crippen LogP contribution in [0.3, 0.4) is 0 Å². The number of carbonyl (C=O) groups excluding carboxylic acids is 2. The molecule has 1 atom stereocenters. The summed E-state index contributed by atoms with van der Waals surface area (Å²) in [6.07, 6.45) is -0.254. The van der Waals surface area contributed by atoms with Crippen molar-refractivity contribution in [1.82, 2.24) is 5.32 Å². The predicted molar refractivity (Wildman–Crippen MR) is 99.6 cm³/mol. The standard InChI is InChI=1S/C21H20F4N2O2/c1-2-13-6-3-4-7-15(13)19(20(29)26-14-10-21(24,25)11-14)27(12-28)17-9-5-8-16(22)18(17)23/h3-9,12,14,19H,2,10-11H2,1H3,(H,26,29). The molecule has 8 heteroatoms. The molecule has 1 fully saturated rings. The summed E-state index contributed by atoms with van der Waals surface area (Å²) in [5.74, 6) is -6.02. The third kappa shape index (κ3) is 4.26. The van der Waals surface area contributed by atoms with E-state index in [1.54, 1.807) is 24.3 Å². The van der Waals surface area contributed by atoms with Crippen LogP contribution in [0.4, 0.5) is 23.2 Å². The Morgan fingerprint density at radius 3 is 2.52 bits per heavy atom. The van der Waals surface area contributed by atoms with Gasteiger partial charge in [-0.05, 0) is 29.7 Å². The zero-order valence-electron chi connectivity index (χ0n) is 15.7. The van der Waals surface area contributed by atoms with Crippen LogP contribution in [0.15, 0.2) is 42.5 Å². The normalized spacial score (nSPS) is 16.6. The smallest absolute Gasteiger partial charge is 0.252 e. The average molecular weight is 408 g/mol. The molecule has 3 rings (SSSR count). The van der Waals surface area contributed by atoms with Gasteiger partial charge in [0.1, 0.15) is 6.04 Å². The van der Waals surface area contributed by atoms with Gasteiger partial charge in [0.05, 0.1) is 5.69 Å². The van der Waals surface area contributed by atoms with Crippen LogP contribution >= 0.6 is 0 Å². The summed E-state index contributed by atoms with van der Waals surface area (Å²) in [5.41, 5.74) is 0.717. The van der Waals surface area contributed by atoms with Crippen LogP contribution in [0.1, 0.15) is 36.9 Å². The molecule has 0 heterocycles. The third-order valence-electron chi connectivity index (χ3n) is 5.02. The topological polar surface area (TPSA) is 49.4 Å². The van der Waals surface area contributed by atoms with Gasteiger partial charge in [-0.25, -0.2) is 17.6 Å². The maximum Gasteiger partial charge on any atom is 0.252 e. The Kier molecular flexibility index (Phi) is 5.91. The molecule has 2 aromatic rings. The molecule has 0 spiro atoms. The van der Waals surface area contributed by atoms with Gasteiger partial charge < -0.3 is 5.32 Å². The van der Waals surface area contributed by atoms with Crippen LogP contribution in [0, 0.1) is 11.6 Å². The van der Waals surface area contributed by atoms with Gasteiger partial charge in [-0.3, -0.25) is 14.5 Å². The van der Waals surface area contributed by atoms with Crippen LogP contribution in [-0.2, 0) is 16.0 Å². The molecule has 0 radical (unpaired) electrons. The number of hydrogen-bond donors (Lipinski definition) is 1. The van der Waals surface area contributed by atoms with Crippen LogP contribution < -0.4 is 10.2 Å². The van der Waals surface area contributed by atoms with Crippen molar-refractivity contribution in [3.63, 3.8) is 0 Å². The first-order chi connectivity index (χ1) is 13.8. The van der Waals surface area contributed by atoms with E-state index in [-0.39, 0.29) is 6.41 Å². The van der Waals surface area contributed by atoms with E-state index in [1.807, 2.05) is 6.92 Å². The molecule has 0 aromatic heterocycles. The Balaban J connectivity index is 2.03. The zero-order chi connectivity index (χ0) is 21.2. The second kappa shape index (κ2) is 8.23. The average Bonchev–Trinajstić information content (AvgIpc) is 2.67. The monoisotopic (exact) mass is 408 g/mol. The van der Waals surface area contributed by atoms with Crippen molar-refractivity contribution >= 4 is 18.0 Å². The third-order valence-corrected chi connectivity index (χ3v) is 5.02. The van der Waals surface area contributed by atoms with Crippen molar-refractivity contribution in [2.45, 2.75) is 44.2 Å². The van der Waals surface area contributed by atoms with Crippen molar-refractivity contribution in [2.75, 3.05) is 4.90 Å². The summed E-state index contributed by atoms with van der Waals surface area (Å²) in [5, 5.41) is 2.50. The van der Waals surface area contributed by atoms with Crippen LogP contribution in [0.5, 0.6) is 0 Å². The number of alkyl halides is 2. The highest BCUT2D eigenvalue weighted by Gasteiger charge is 2.47. The molecule has 29 heavy (non-hydrogen) atoms. The second-order valence-corrected chi connectivity index (χ2v) is 7.01. The first-order valence-corrected chi connectivity index (χ1v) is 9.21. The van der Waals surface area contributed by atoms with Crippen molar-refractivity contribution in [1.29, 1.82) is 0 Å². The molecular formula is C21H20F4N2O2. The molecule has 0 saturated heterocycles. The van der Waals surface area contributed by atoms with Crippen molar-refractivity contribution in [3.8, 4) is 0 Å².